The summed E-state index contributed by atoms with van der Waals surface area (Å²) in [4.78, 5) is 15.7. The first-order chi connectivity index (χ1) is 12.1. The fraction of sp³-hybridized carbons (Fsp3) is 0.222. The van der Waals surface area contributed by atoms with Crippen LogP contribution in [0.5, 0.6) is 5.88 Å². The van der Waals surface area contributed by atoms with Crippen molar-refractivity contribution in [3.05, 3.63) is 65.5 Å². The molecule has 0 bridgehead atoms. The number of halogens is 2. The van der Waals surface area contributed by atoms with E-state index in [0.29, 0.717) is 11.1 Å². The van der Waals surface area contributed by atoms with E-state index in [1.54, 1.807) is 24.3 Å². The lowest BCUT2D eigenvalue weighted by atomic mass is 10.0. The van der Waals surface area contributed by atoms with Crippen molar-refractivity contribution in [3.63, 3.8) is 0 Å². The van der Waals surface area contributed by atoms with Gasteiger partial charge in [-0.15, -0.1) is 0 Å². The molecule has 0 saturated heterocycles. The molecular weight excluding hydrogens is 332 g/mol. The number of carbonyl (C=O) groups is 1. The molecule has 0 radical (unpaired) electrons. The molecule has 0 saturated carbocycles. The summed E-state index contributed by atoms with van der Waals surface area (Å²) in [5.74, 6) is -0.491. The van der Waals surface area contributed by atoms with Crippen LogP contribution in [0.4, 0.5) is 8.78 Å². The van der Waals surface area contributed by atoms with E-state index in [9.17, 15) is 13.6 Å². The molecule has 0 unspecified atom stereocenters. The van der Waals surface area contributed by atoms with Gasteiger partial charge in [0.2, 0.25) is 5.88 Å². The molecule has 2 rings (SSSR count). The van der Waals surface area contributed by atoms with Crippen molar-refractivity contribution in [2.24, 2.45) is 0 Å². The summed E-state index contributed by atoms with van der Waals surface area (Å²) in [5, 5.41) is 0. The Morgan fingerprint density at radius 1 is 1.16 bits per heavy atom. The monoisotopic (exact) mass is 349 g/mol. The van der Waals surface area contributed by atoms with Gasteiger partial charge in [-0.2, -0.15) is 0 Å². The molecule has 2 aromatic rings. The quantitative estimate of drug-likeness (QED) is 0.433. The Kier molecular flexibility index (Phi) is 6.45. The smallest absolute Gasteiger partial charge is 0.341 e. The molecule has 0 amide bonds. The molecule has 0 atom stereocenters. The Balaban J connectivity index is 2.25. The van der Waals surface area contributed by atoms with Crippen LogP contribution in [-0.2, 0) is 20.9 Å². The minimum atomic E-state index is -2.67. The van der Waals surface area contributed by atoms with Gasteiger partial charge >= 0.3 is 5.97 Å². The van der Waals surface area contributed by atoms with Crippen molar-refractivity contribution in [1.82, 2.24) is 4.98 Å². The molecule has 1 aromatic carbocycles. The second-order valence-electron chi connectivity index (χ2n) is 4.91. The zero-order chi connectivity index (χ0) is 18.2. The van der Waals surface area contributed by atoms with Gasteiger partial charge in [-0.3, -0.25) is 0 Å². The number of nitrogens with zero attached hydrogens (tertiary/aromatic N) is 1. The van der Waals surface area contributed by atoms with Crippen molar-refractivity contribution in [2.75, 3.05) is 14.2 Å². The number of methoxy groups -OCH3 is 2. The maximum atomic E-state index is 12.7. The number of carbonyl (C=O) groups excluding carboxylic acids is 1. The fourth-order valence-electron chi connectivity index (χ4n) is 2.14. The van der Waals surface area contributed by atoms with Crippen LogP contribution in [0.15, 0.2) is 48.7 Å². The molecule has 0 aliphatic rings. The number of benzene rings is 1. The number of rotatable bonds is 7. The van der Waals surface area contributed by atoms with Crippen LogP contribution < -0.4 is 4.74 Å². The molecule has 5 nitrogen and oxygen atoms in total. The van der Waals surface area contributed by atoms with Crippen molar-refractivity contribution >= 4 is 11.5 Å². The van der Waals surface area contributed by atoms with Crippen LogP contribution in [0.3, 0.4) is 0 Å². The van der Waals surface area contributed by atoms with Gasteiger partial charge in [0.05, 0.1) is 20.5 Å². The van der Waals surface area contributed by atoms with Gasteiger partial charge in [-0.05, 0) is 17.2 Å². The molecule has 0 aliphatic carbocycles. The normalized spacial score (nSPS) is 11.3. The van der Waals surface area contributed by atoms with Gasteiger partial charge < -0.3 is 14.2 Å². The van der Waals surface area contributed by atoms with Gasteiger partial charge in [-0.1, -0.05) is 30.3 Å². The Morgan fingerprint density at radius 3 is 2.60 bits per heavy atom. The molecule has 0 aliphatic heterocycles. The molecule has 0 N–H and O–H groups in total. The predicted molar refractivity (Wildman–Crippen MR) is 87.0 cm³/mol. The lowest BCUT2D eigenvalue weighted by Crippen LogP contribution is -2.08. The SMILES string of the molecule is CO/C=C(/C(=O)OC)c1ccccc1COc1cccc(C(F)F)n1. The zero-order valence-corrected chi connectivity index (χ0v) is 13.7. The highest BCUT2D eigenvalue weighted by atomic mass is 19.3. The molecular formula is C18H17F2NO4. The van der Waals surface area contributed by atoms with E-state index in [-0.39, 0.29) is 23.8 Å². The maximum Gasteiger partial charge on any atom is 0.341 e. The fourth-order valence-corrected chi connectivity index (χ4v) is 2.14. The standard InChI is InChI=1S/C18H17F2NO4/c1-23-11-14(18(22)24-2)13-7-4-3-6-12(13)10-25-16-9-5-8-15(21-16)17(19)20/h3-9,11,17H,10H2,1-2H3/b14-11+. The van der Waals surface area contributed by atoms with E-state index in [4.69, 9.17) is 14.2 Å². The van der Waals surface area contributed by atoms with E-state index in [1.807, 2.05) is 0 Å². The number of hydrogen-bond donors (Lipinski definition) is 0. The number of hydrogen-bond acceptors (Lipinski definition) is 5. The summed E-state index contributed by atoms with van der Waals surface area (Å²) in [5.41, 5.74) is 1.07. The second kappa shape index (κ2) is 8.77. The Bertz CT molecular complexity index is 762. The van der Waals surface area contributed by atoms with E-state index >= 15 is 0 Å². The third-order valence-electron chi connectivity index (χ3n) is 3.29. The van der Waals surface area contributed by atoms with E-state index < -0.39 is 12.4 Å². The van der Waals surface area contributed by atoms with Gasteiger partial charge in [0.1, 0.15) is 17.9 Å². The van der Waals surface area contributed by atoms with E-state index in [0.717, 1.165) is 0 Å². The Morgan fingerprint density at radius 2 is 1.92 bits per heavy atom. The number of aromatic nitrogens is 1. The molecule has 1 aromatic heterocycles. The summed E-state index contributed by atoms with van der Waals surface area (Å²) in [6, 6.07) is 11.1. The van der Waals surface area contributed by atoms with Crippen molar-refractivity contribution in [3.8, 4) is 5.88 Å². The Hall–Kier alpha value is -2.96. The van der Waals surface area contributed by atoms with Crippen molar-refractivity contribution in [1.29, 1.82) is 0 Å². The summed E-state index contributed by atoms with van der Waals surface area (Å²) < 4.78 is 40.6. The van der Waals surface area contributed by atoms with Crippen LogP contribution >= 0.6 is 0 Å². The molecule has 7 heteroatoms. The van der Waals surface area contributed by atoms with E-state index in [2.05, 4.69) is 4.98 Å². The average molecular weight is 349 g/mol. The highest BCUT2D eigenvalue weighted by Gasteiger charge is 2.17. The number of ether oxygens (including phenoxy) is 3. The maximum absolute atomic E-state index is 12.7. The van der Waals surface area contributed by atoms with E-state index in [1.165, 1.54) is 38.7 Å². The minimum absolute atomic E-state index is 0.0356. The minimum Gasteiger partial charge on any atom is -0.503 e. The number of esters is 1. The number of pyridine rings is 1. The van der Waals surface area contributed by atoms with Gasteiger partial charge in [0, 0.05) is 6.07 Å². The first kappa shape index (κ1) is 18.4. The molecule has 1 heterocycles. The summed E-state index contributed by atoms with van der Waals surface area (Å²) in [7, 11) is 2.69. The summed E-state index contributed by atoms with van der Waals surface area (Å²) >= 11 is 0. The molecule has 0 fully saturated rings. The topological polar surface area (TPSA) is 57.7 Å². The molecule has 0 spiro atoms. The van der Waals surface area contributed by atoms with Gasteiger partial charge in [0.25, 0.3) is 6.43 Å². The number of alkyl halides is 2. The van der Waals surface area contributed by atoms with Gasteiger partial charge in [-0.25, -0.2) is 18.6 Å². The first-order valence-corrected chi connectivity index (χ1v) is 7.34. The largest absolute Gasteiger partial charge is 0.503 e. The van der Waals surface area contributed by atoms with Crippen LogP contribution in [0.2, 0.25) is 0 Å². The Labute approximate surface area is 143 Å². The lowest BCUT2D eigenvalue weighted by molar-refractivity contribution is -0.133. The van der Waals surface area contributed by atoms with Crippen LogP contribution in [-0.4, -0.2) is 25.2 Å². The van der Waals surface area contributed by atoms with Crippen LogP contribution in [0.1, 0.15) is 23.2 Å². The highest BCUT2D eigenvalue weighted by Crippen LogP contribution is 2.23. The molecule has 132 valence electrons. The third-order valence-corrected chi connectivity index (χ3v) is 3.29. The van der Waals surface area contributed by atoms with Crippen LogP contribution in [0.25, 0.3) is 5.57 Å². The zero-order valence-electron chi connectivity index (χ0n) is 13.7. The second-order valence-corrected chi connectivity index (χ2v) is 4.91. The first-order valence-electron chi connectivity index (χ1n) is 7.34. The van der Waals surface area contributed by atoms with Crippen molar-refractivity contribution in [2.45, 2.75) is 13.0 Å². The third kappa shape index (κ3) is 4.76. The highest BCUT2D eigenvalue weighted by molar-refractivity contribution is 6.16. The van der Waals surface area contributed by atoms with Crippen molar-refractivity contribution < 1.29 is 27.8 Å². The van der Waals surface area contributed by atoms with Crippen LogP contribution in [0, 0.1) is 0 Å². The predicted octanol–water partition coefficient (Wildman–Crippen LogP) is 3.76. The molecule has 25 heavy (non-hydrogen) atoms. The summed E-state index contributed by atoms with van der Waals surface area (Å²) in [6.45, 7) is 0.0356. The summed E-state index contributed by atoms with van der Waals surface area (Å²) in [6.07, 6.45) is -1.40. The average Bonchev–Trinajstić information content (AvgIpc) is 2.64. The lowest BCUT2D eigenvalue weighted by Gasteiger charge is -2.12. The van der Waals surface area contributed by atoms with Gasteiger partial charge in [0.15, 0.2) is 0 Å².